The third-order valence-corrected chi connectivity index (χ3v) is 3.53. The van der Waals surface area contributed by atoms with Crippen LogP contribution < -0.4 is 4.90 Å². The van der Waals surface area contributed by atoms with Gasteiger partial charge in [-0.2, -0.15) is 0 Å². The first-order valence-electron chi connectivity index (χ1n) is 6.10. The molecule has 88 valence electrons. The van der Waals surface area contributed by atoms with Crippen molar-refractivity contribution >= 4 is 5.82 Å². The molecule has 1 aromatic heterocycles. The largest absolute Gasteiger partial charge is 0.360 e. The Morgan fingerprint density at radius 3 is 3.00 bits per heavy atom. The zero-order valence-corrected chi connectivity index (χ0v) is 10.5. The molecule has 1 atom stereocenters. The first-order valence-corrected chi connectivity index (χ1v) is 6.10. The second-order valence-electron chi connectivity index (χ2n) is 4.57. The van der Waals surface area contributed by atoms with Crippen molar-refractivity contribution < 1.29 is 0 Å². The van der Waals surface area contributed by atoms with E-state index in [1.807, 2.05) is 6.20 Å². The van der Waals surface area contributed by atoms with Crippen molar-refractivity contribution in [1.82, 2.24) is 9.88 Å². The lowest BCUT2D eigenvalue weighted by Gasteiger charge is -2.25. The van der Waals surface area contributed by atoms with E-state index in [1.165, 1.54) is 24.9 Å². The molecule has 0 N–H and O–H groups in total. The summed E-state index contributed by atoms with van der Waals surface area (Å²) in [6.45, 7) is 4.37. The number of nitrogens with zero attached hydrogens (tertiary/aromatic N) is 3. The van der Waals surface area contributed by atoms with E-state index in [4.69, 9.17) is 0 Å². The molecular weight excluding hydrogens is 198 g/mol. The van der Waals surface area contributed by atoms with E-state index in [2.05, 4.69) is 47.9 Å². The third kappa shape index (κ3) is 2.05. The fourth-order valence-corrected chi connectivity index (χ4v) is 2.44. The fourth-order valence-electron chi connectivity index (χ4n) is 2.44. The van der Waals surface area contributed by atoms with Crippen molar-refractivity contribution in [3.63, 3.8) is 0 Å². The van der Waals surface area contributed by atoms with Crippen LogP contribution in [0.4, 0.5) is 5.82 Å². The van der Waals surface area contributed by atoms with Gasteiger partial charge in [0.2, 0.25) is 0 Å². The summed E-state index contributed by atoms with van der Waals surface area (Å²) in [7, 11) is 4.32. The molecular formula is C13H21N3. The molecule has 3 nitrogen and oxygen atoms in total. The van der Waals surface area contributed by atoms with Gasteiger partial charge < -0.3 is 4.90 Å². The number of anilines is 1. The Bertz CT molecular complexity index is 351. The maximum atomic E-state index is 4.53. The van der Waals surface area contributed by atoms with E-state index in [-0.39, 0.29) is 0 Å². The van der Waals surface area contributed by atoms with Gasteiger partial charge in [0.1, 0.15) is 5.82 Å². The number of aromatic nitrogens is 1. The molecule has 16 heavy (non-hydrogen) atoms. The maximum absolute atomic E-state index is 4.53. The van der Waals surface area contributed by atoms with Crippen LogP contribution >= 0.6 is 0 Å². The van der Waals surface area contributed by atoms with Crippen molar-refractivity contribution in [1.29, 1.82) is 0 Å². The van der Waals surface area contributed by atoms with Gasteiger partial charge in [0, 0.05) is 31.4 Å². The molecule has 2 heterocycles. The second-order valence-corrected chi connectivity index (χ2v) is 4.57. The highest BCUT2D eigenvalue weighted by atomic mass is 15.2. The van der Waals surface area contributed by atoms with Crippen LogP contribution in [0.3, 0.4) is 0 Å². The van der Waals surface area contributed by atoms with Gasteiger partial charge in [-0.1, -0.05) is 6.07 Å². The van der Waals surface area contributed by atoms with Gasteiger partial charge in [0.25, 0.3) is 0 Å². The Morgan fingerprint density at radius 1 is 1.56 bits per heavy atom. The lowest BCUT2D eigenvalue weighted by molar-refractivity contribution is 0.317. The Labute approximate surface area is 98.1 Å². The van der Waals surface area contributed by atoms with Gasteiger partial charge in [0.15, 0.2) is 0 Å². The summed E-state index contributed by atoms with van der Waals surface area (Å²) in [5.41, 5.74) is 1.38. The molecule has 0 aliphatic carbocycles. The molecule has 1 fully saturated rings. The zero-order valence-electron chi connectivity index (χ0n) is 10.5. The van der Waals surface area contributed by atoms with Gasteiger partial charge in [-0.05, 0) is 39.4 Å². The molecule has 0 spiro atoms. The van der Waals surface area contributed by atoms with Gasteiger partial charge in [-0.25, -0.2) is 4.98 Å². The predicted molar refractivity (Wildman–Crippen MR) is 67.8 cm³/mol. The van der Waals surface area contributed by atoms with Crippen molar-refractivity contribution in [3.8, 4) is 0 Å². The molecule has 3 heteroatoms. The minimum atomic E-state index is 0.553. The minimum Gasteiger partial charge on any atom is -0.360 e. The summed E-state index contributed by atoms with van der Waals surface area (Å²) in [6, 6.07) is 4.83. The Hall–Kier alpha value is -1.09. The van der Waals surface area contributed by atoms with Gasteiger partial charge in [-0.3, -0.25) is 4.90 Å². The third-order valence-electron chi connectivity index (χ3n) is 3.53. The van der Waals surface area contributed by atoms with Crippen LogP contribution in [0, 0.1) is 0 Å². The van der Waals surface area contributed by atoms with Crippen LogP contribution in [-0.2, 0) is 0 Å². The van der Waals surface area contributed by atoms with Crippen LogP contribution in [0.15, 0.2) is 18.3 Å². The average Bonchev–Trinajstić information content (AvgIpc) is 2.74. The molecule has 1 aliphatic rings. The Balaban J connectivity index is 2.32. The fraction of sp³-hybridized carbons (Fsp3) is 0.615. The normalized spacial score (nSPS) is 21.3. The van der Waals surface area contributed by atoms with E-state index >= 15 is 0 Å². The summed E-state index contributed by atoms with van der Waals surface area (Å²) in [6.07, 6.45) is 4.44. The van der Waals surface area contributed by atoms with E-state index in [0.29, 0.717) is 6.04 Å². The summed E-state index contributed by atoms with van der Waals surface area (Å²) >= 11 is 0. The quantitative estimate of drug-likeness (QED) is 0.777. The number of hydrogen-bond donors (Lipinski definition) is 0. The first kappa shape index (κ1) is 11.4. The molecule has 0 aromatic carbocycles. The van der Waals surface area contributed by atoms with Gasteiger partial charge in [-0.15, -0.1) is 0 Å². The summed E-state index contributed by atoms with van der Waals surface area (Å²) in [5, 5.41) is 0. The highest BCUT2D eigenvalue weighted by Crippen LogP contribution is 2.34. The number of likely N-dealkylation sites (tertiary alicyclic amines) is 1. The topological polar surface area (TPSA) is 19.4 Å². The minimum absolute atomic E-state index is 0.553. The van der Waals surface area contributed by atoms with E-state index in [1.54, 1.807) is 0 Å². The Morgan fingerprint density at radius 2 is 2.38 bits per heavy atom. The lowest BCUT2D eigenvalue weighted by atomic mass is 10.1. The van der Waals surface area contributed by atoms with Gasteiger partial charge in [0.05, 0.1) is 0 Å². The molecule has 1 saturated heterocycles. The summed E-state index contributed by atoms with van der Waals surface area (Å²) in [4.78, 5) is 9.19. The first-order chi connectivity index (χ1) is 7.74. The van der Waals surface area contributed by atoms with Crippen LogP contribution in [-0.4, -0.2) is 37.1 Å². The lowest BCUT2D eigenvalue weighted by Crippen LogP contribution is -2.23. The summed E-state index contributed by atoms with van der Waals surface area (Å²) in [5.74, 6) is 1.14. The SMILES string of the molecule is CCN(C)c1ncccc1[C@H]1CCCN1C. The van der Waals surface area contributed by atoms with E-state index in [0.717, 1.165) is 12.4 Å². The molecule has 1 aliphatic heterocycles. The number of hydrogen-bond acceptors (Lipinski definition) is 3. The molecule has 0 radical (unpaired) electrons. The standard InChI is InChI=1S/C13H21N3/c1-4-15(2)13-11(7-5-9-14-13)12-8-6-10-16(12)3/h5,7,9,12H,4,6,8,10H2,1-3H3/t12-/m1/s1. The number of rotatable bonds is 3. The van der Waals surface area contributed by atoms with Crippen LogP contribution in [0.25, 0.3) is 0 Å². The van der Waals surface area contributed by atoms with Crippen LogP contribution in [0.2, 0.25) is 0 Å². The molecule has 2 rings (SSSR count). The summed E-state index contributed by atoms with van der Waals surface area (Å²) < 4.78 is 0. The van der Waals surface area contributed by atoms with Crippen molar-refractivity contribution in [3.05, 3.63) is 23.9 Å². The van der Waals surface area contributed by atoms with Crippen LogP contribution in [0.5, 0.6) is 0 Å². The second kappa shape index (κ2) is 4.83. The monoisotopic (exact) mass is 219 g/mol. The van der Waals surface area contributed by atoms with E-state index < -0.39 is 0 Å². The molecule has 0 bridgehead atoms. The predicted octanol–water partition coefficient (Wildman–Crippen LogP) is 2.30. The highest BCUT2D eigenvalue weighted by Gasteiger charge is 2.25. The van der Waals surface area contributed by atoms with Crippen molar-refractivity contribution in [2.75, 3.05) is 32.1 Å². The molecule has 0 unspecified atom stereocenters. The highest BCUT2D eigenvalue weighted by molar-refractivity contribution is 5.47. The van der Waals surface area contributed by atoms with Crippen molar-refractivity contribution in [2.45, 2.75) is 25.8 Å². The van der Waals surface area contributed by atoms with E-state index in [9.17, 15) is 0 Å². The zero-order chi connectivity index (χ0) is 11.5. The number of pyridine rings is 1. The molecule has 1 aromatic rings. The Kier molecular flexibility index (Phi) is 3.44. The molecule has 0 amide bonds. The molecule has 0 saturated carbocycles. The maximum Gasteiger partial charge on any atom is 0.133 e. The average molecular weight is 219 g/mol. The smallest absolute Gasteiger partial charge is 0.133 e. The van der Waals surface area contributed by atoms with Gasteiger partial charge >= 0.3 is 0 Å². The van der Waals surface area contributed by atoms with Crippen LogP contribution in [0.1, 0.15) is 31.4 Å². The van der Waals surface area contributed by atoms with Crippen molar-refractivity contribution in [2.24, 2.45) is 0 Å².